The number of nitrogens with zero attached hydrogens (tertiary/aromatic N) is 3. The molecular weight excluding hydrogens is 586 g/mol. The number of phenols is 2. The van der Waals surface area contributed by atoms with E-state index in [1.807, 2.05) is 44.2 Å². The lowest BCUT2D eigenvalue weighted by atomic mass is 10.0. The van der Waals surface area contributed by atoms with Gasteiger partial charge < -0.3 is 30.6 Å². The summed E-state index contributed by atoms with van der Waals surface area (Å²) in [6.45, 7) is 10.4. The maximum Gasteiger partial charge on any atom is 0.128 e. The highest BCUT2D eigenvalue weighted by atomic mass is 16.3. The third kappa shape index (κ3) is 10.7. The molecule has 1 aliphatic heterocycles. The lowest BCUT2D eigenvalue weighted by Crippen LogP contribution is -2.35. The van der Waals surface area contributed by atoms with Crippen molar-refractivity contribution in [2.45, 2.75) is 59.0 Å². The molecular formula is C35H51N5O6. The fraction of sp³-hybridized carbons (Fsp3) is 0.486. The Bertz CT molecular complexity index is 1290. The molecule has 2 unspecified atom stereocenters. The van der Waals surface area contributed by atoms with E-state index in [0.717, 1.165) is 68.1 Å². The number of rotatable bonds is 14. The van der Waals surface area contributed by atoms with Crippen molar-refractivity contribution in [3.8, 4) is 11.5 Å². The lowest BCUT2D eigenvalue weighted by Gasteiger charge is -2.27. The summed E-state index contributed by atoms with van der Waals surface area (Å²) in [5.74, 6) is 0.386. The van der Waals surface area contributed by atoms with E-state index in [-0.39, 0.29) is 24.6 Å². The maximum atomic E-state index is 11.2. The second-order valence-electron chi connectivity index (χ2n) is 12.3. The number of hydrogen-bond acceptors (Lipinski definition) is 11. The smallest absolute Gasteiger partial charge is 0.128 e. The van der Waals surface area contributed by atoms with E-state index in [2.05, 4.69) is 49.6 Å². The zero-order chi connectivity index (χ0) is 33.1. The van der Waals surface area contributed by atoms with E-state index in [1.54, 1.807) is 0 Å². The average molecular weight is 638 g/mol. The van der Waals surface area contributed by atoms with Crippen LogP contribution in [0, 0.1) is 13.8 Å². The number of hydrogen-bond donors (Lipinski definition) is 8. The van der Waals surface area contributed by atoms with E-state index in [4.69, 9.17) is 0 Å². The van der Waals surface area contributed by atoms with Gasteiger partial charge >= 0.3 is 0 Å². The minimum Gasteiger partial charge on any atom is -0.507 e. The normalized spacial score (nSPS) is 16.9. The highest BCUT2D eigenvalue weighted by molar-refractivity contribution is 5.44. The molecule has 0 saturated carbocycles. The van der Waals surface area contributed by atoms with Crippen molar-refractivity contribution in [3.63, 3.8) is 0 Å². The molecule has 0 bridgehead atoms. The summed E-state index contributed by atoms with van der Waals surface area (Å²) in [6, 6.07) is 18.2. The van der Waals surface area contributed by atoms with Crippen molar-refractivity contribution in [2.24, 2.45) is 0 Å². The SMILES string of the molecule is Cc1cc(CNC(O)CO)c(O)c(CN2CCN(Cc3ccccc3)CCN(Cc3cc(C)cc(CNC(O)CO)c3O)CC2)c1. The van der Waals surface area contributed by atoms with Gasteiger partial charge in [0.15, 0.2) is 0 Å². The van der Waals surface area contributed by atoms with Gasteiger partial charge in [-0.3, -0.25) is 25.3 Å². The third-order valence-electron chi connectivity index (χ3n) is 8.46. The van der Waals surface area contributed by atoms with Crippen molar-refractivity contribution >= 4 is 0 Å². The van der Waals surface area contributed by atoms with E-state index in [9.17, 15) is 30.6 Å². The molecule has 11 nitrogen and oxygen atoms in total. The number of benzene rings is 3. The molecule has 252 valence electrons. The first kappa shape index (κ1) is 35.7. The molecule has 46 heavy (non-hydrogen) atoms. The second kappa shape index (κ2) is 17.7. The third-order valence-corrected chi connectivity index (χ3v) is 8.46. The lowest BCUT2D eigenvalue weighted by molar-refractivity contribution is 0.0663. The molecule has 3 aromatic rings. The standard InChI is InChI=1S/C35H51N5O6/c1-25-14-28(18-36-32(43)23-41)34(45)30(16-25)21-39-10-8-38(20-27-6-4-3-5-7-27)9-11-40(13-12-39)22-31-17-26(2)15-29(35(31)46)19-37-33(44)24-42/h3-7,14-17,32-33,36-37,41-46H,8-13,18-24H2,1-2H3. The molecule has 1 saturated heterocycles. The molecule has 1 aliphatic rings. The molecule has 1 heterocycles. The molecule has 2 atom stereocenters. The first-order chi connectivity index (χ1) is 22.1. The van der Waals surface area contributed by atoms with Gasteiger partial charge in [0.05, 0.1) is 13.2 Å². The van der Waals surface area contributed by atoms with Crippen LogP contribution in [0.3, 0.4) is 0 Å². The summed E-state index contributed by atoms with van der Waals surface area (Å²) < 4.78 is 0. The average Bonchev–Trinajstić information content (AvgIpc) is 3.13. The van der Waals surface area contributed by atoms with Gasteiger partial charge in [0.1, 0.15) is 24.0 Å². The van der Waals surface area contributed by atoms with Crippen LogP contribution >= 0.6 is 0 Å². The van der Waals surface area contributed by atoms with Gasteiger partial charge in [-0.05, 0) is 19.4 Å². The Hall–Kier alpha value is -3.10. The summed E-state index contributed by atoms with van der Waals surface area (Å²) in [7, 11) is 0. The summed E-state index contributed by atoms with van der Waals surface area (Å²) >= 11 is 0. The summed E-state index contributed by atoms with van der Waals surface area (Å²) in [6.07, 6.45) is -2.12. The number of aromatic hydroxyl groups is 2. The van der Waals surface area contributed by atoms with Crippen molar-refractivity contribution in [2.75, 3.05) is 52.5 Å². The van der Waals surface area contributed by atoms with Crippen LogP contribution in [0.5, 0.6) is 11.5 Å². The van der Waals surface area contributed by atoms with Crippen molar-refractivity contribution < 1.29 is 30.6 Å². The van der Waals surface area contributed by atoms with Crippen molar-refractivity contribution in [1.29, 1.82) is 0 Å². The Morgan fingerprint density at radius 1 is 0.587 bits per heavy atom. The Labute approximate surface area is 272 Å². The fourth-order valence-corrected chi connectivity index (χ4v) is 5.95. The largest absolute Gasteiger partial charge is 0.507 e. The predicted molar refractivity (Wildman–Crippen MR) is 178 cm³/mol. The summed E-state index contributed by atoms with van der Waals surface area (Å²) in [5.41, 5.74) is 6.23. The maximum absolute atomic E-state index is 11.2. The predicted octanol–water partition coefficient (Wildman–Crippen LogP) is 1.34. The minimum absolute atomic E-state index is 0.193. The molecule has 3 aromatic carbocycles. The molecule has 4 rings (SSSR count). The summed E-state index contributed by atoms with van der Waals surface area (Å²) in [5, 5.41) is 65.9. The monoisotopic (exact) mass is 637 g/mol. The first-order valence-corrected chi connectivity index (χ1v) is 16.0. The second-order valence-corrected chi connectivity index (χ2v) is 12.3. The molecule has 0 amide bonds. The van der Waals surface area contributed by atoms with Crippen LogP contribution in [-0.2, 0) is 32.7 Å². The summed E-state index contributed by atoms with van der Waals surface area (Å²) in [4.78, 5) is 7.16. The zero-order valence-corrected chi connectivity index (χ0v) is 27.1. The van der Waals surface area contributed by atoms with Crippen LogP contribution in [0.25, 0.3) is 0 Å². The van der Waals surface area contributed by atoms with Crippen LogP contribution in [-0.4, -0.2) is 110 Å². The Balaban J connectivity index is 1.54. The van der Waals surface area contributed by atoms with E-state index in [1.165, 1.54) is 5.56 Å². The Morgan fingerprint density at radius 3 is 1.35 bits per heavy atom. The van der Waals surface area contributed by atoms with Gasteiger partial charge in [-0.1, -0.05) is 65.7 Å². The van der Waals surface area contributed by atoms with Crippen LogP contribution < -0.4 is 10.6 Å². The van der Waals surface area contributed by atoms with Crippen LogP contribution in [0.4, 0.5) is 0 Å². The van der Waals surface area contributed by atoms with Crippen molar-refractivity contribution in [1.82, 2.24) is 25.3 Å². The molecule has 11 heteroatoms. The highest BCUT2D eigenvalue weighted by Gasteiger charge is 2.21. The molecule has 0 radical (unpaired) electrons. The Morgan fingerprint density at radius 2 is 0.957 bits per heavy atom. The molecule has 0 aliphatic carbocycles. The molecule has 8 N–H and O–H groups in total. The number of aliphatic hydroxyl groups is 4. The van der Waals surface area contributed by atoms with Crippen LogP contribution in [0.1, 0.15) is 38.9 Å². The number of aryl methyl sites for hydroxylation is 2. The minimum atomic E-state index is -1.06. The molecule has 0 spiro atoms. The van der Waals surface area contributed by atoms with Gasteiger partial charge in [0.2, 0.25) is 0 Å². The molecule has 1 fully saturated rings. The zero-order valence-electron chi connectivity index (χ0n) is 27.1. The number of nitrogens with one attached hydrogen (secondary N) is 2. The quantitative estimate of drug-likeness (QED) is 0.121. The Kier molecular flexibility index (Phi) is 13.8. The first-order valence-electron chi connectivity index (χ1n) is 16.0. The van der Waals surface area contributed by atoms with Gasteiger partial charge in [-0.25, -0.2) is 0 Å². The highest BCUT2D eigenvalue weighted by Crippen LogP contribution is 2.28. The van der Waals surface area contributed by atoms with E-state index < -0.39 is 25.7 Å². The van der Waals surface area contributed by atoms with Crippen LogP contribution in [0.15, 0.2) is 54.6 Å². The van der Waals surface area contributed by atoms with E-state index >= 15 is 0 Å². The van der Waals surface area contributed by atoms with Gasteiger partial charge in [0.25, 0.3) is 0 Å². The topological polar surface area (TPSA) is 155 Å². The van der Waals surface area contributed by atoms with Gasteiger partial charge in [-0.2, -0.15) is 0 Å². The number of phenolic OH excluding ortho intramolecular Hbond substituents is 2. The van der Waals surface area contributed by atoms with E-state index in [0.29, 0.717) is 24.2 Å². The number of aliphatic hydroxyl groups excluding tert-OH is 4. The van der Waals surface area contributed by atoms with Crippen molar-refractivity contribution in [3.05, 3.63) is 93.5 Å². The van der Waals surface area contributed by atoms with Gasteiger partial charge in [0, 0.05) is 94.2 Å². The molecule has 0 aromatic heterocycles. The van der Waals surface area contributed by atoms with Crippen LogP contribution in [0.2, 0.25) is 0 Å². The fourth-order valence-electron chi connectivity index (χ4n) is 5.95. The van der Waals surface area contributed by atoms with Gasteiger partial charge in [-0.15, -0.1) is 0 Å².